The molecule has 3 rings (SSSR count). The largest absolute Gasteiger partial charge is 0.440 e. The van der Waals surface area contributed by atoms with Crippen molar-refractivity contribution >= 4 is 34.5 Å². The van der Waals surface area contributed by atoms with Crippen LogP contribution in [-0.4, -0.2) is 23.3 Å². The predicted molar refractivity (Wildman–Crippen MR) is 89.8 cm³/mol. The van der Waals surface area contributed by atoms with Crippen molar-refractivity contribution in [3.63, 3.8) is 0 Å². The van der Waals surface area contributed by atoms with Gasteiger partial charge in [-0.3, -0.25) is 9.59 Å². The van der Waals surface area contributed by atoms with Gasteiger partial charge >= 0.3 is 0 Å². The average Bonchev–Trinajstić information content (AvgIpc) is 2.96. The molecule has 0 radical (unpaired) electrons. The lowest BCUT2D eigenvalue weighted by molar-refractivity contribution is -0.117. The summed E-state index contributed by atoms with van der Waals surface area (Å²) < 4.78 is 5.69. The van der Waals surface area contributed by atoms with Crippen LogP contribution in [0.4, 0.5) is 0 Å². The molecular weight excluding hydrogens is 330 g/mol. The van der Waals surface area contributed by atoms with Crippen LogP contribution in [0, 0.1) is 0 Å². The maximum Gasteiger partial charge on any atom is 0.251 e. The van der Waals surface area contributed by atoms with E-state index < -0.39 is 11.8 Å². The topological polar surface area (TPSA) is 98.2 Å². The van der Waals surface area contributed by atoms with E-state index in [0.717, 1.165) is 5.56 Å². The summed E-state index contributed by atoms with van der Waals surface area (Å²) in [5.74, 6) is -0.448. The van der Waals surface area contributed by atoms with Gasteiger partial charge < -0.3 is 15.5 Å². The number of oxazole rings is 1. The summed E-state index contributed by atoms with van der Waals surface area (Å²) in [6, 6.07) is 12.3. The Morgan fingerprint density at radius 1 is 1.17 bits per heavy atom. The van der Waals surface area contributed by atoms with Crippen molar-refractivity contribution in [2.24, 2.45) is 5.73 Å². The SMILES string of the molecule is NC(=O)CNC(=O)c1ccc2oc(Cc3ccc(Cl)cc3)nc2c1. The minimum atomic E-state index is -0.601. The highest BCUT2D eigenvalue weighted by Crippen LogP contribution is 2.20. The lowest BCUT2D eigenvalue weighted by Gasteiger charge is -2.01. The summed E-state index contributed by atoms with van der Waals surface area (Å²) in [5.41, 5.74) is 7.57. The molecule has 0 saturated heterocycles. The Kier molecular flexibility index (Phi) is 4.48. The van der Waals surface area contributed by atoms with Gasteiger partial charge in [0.25, 0.3) is 5.91 Å². The second kappa shape index (κ2) is 6.72. The standard InChI is InChI=1S/C17H14ClN3O3/c18-12-4-1-10(2-5-12)7-16-21-13-8-11(3-6-14(13)24-16)17(23)20-9-15(19)22/h1-6,8H,7,9H2,(H2,19,22)(H,20,23). The minimum Gasteiger partial charge on any atom is -0.440 e. The second-order valence-corrected chi connectivity index (χ2v) is 5.68. The molecule has 0 bridgehead atoms. The Balaban J connectivity index is 1.79. The zero-order chi connectivity index (χ0) is 17.1. The van der Waals surface area contributed by atoms with Gasteiger partial charge in [0, 0.05) is 17.0 Å². The zero-order valence-corrected chi connectivity index (χ0v) is 13.3. The molecule has 0 fully saturated rings. The van der Waals surface area contributed by atoms with Gasteiger partial charge in [0.15, 0.2) is 11.5 Å². The van der Waals surface area contributed by atoms with Crippen molar-refractivity contribution < 1.29 is 14.0 Å². The third-order valence-corrected chi connectivity index (χ3v) is 3.64. The van der Waals surface area contributed by atoms with Crippen LogP contribution in [0.3, 0.4) is 0 Å². The van der Waals surface area contributed by atoms with Crippen LogP contribution in [0.25, 0.3) is 11.1 Å². The monoisotopic (exact) mass is 343 g/mol. The number of nitrogens with zero attached hydrogens (tertiary/aromatic N) is 1. The van der Waals surface area contributed by atoms with Crippen molar-refractivity contribution in [2.75, 3.05) is 6.54 Å². The van der Waals surface area contributed by atoms with Gasteiger partial charge in [-0.05, 0) is 35.9 Å². The Hall–Kier alpha value is -2.86. The molecule has 2 amide bonds. The predicted octanol–water partition coefficient (Wildman–Crippen LogP) is 2.29. The van der Waals surface area contributed by atoms with E-state index in [4.69, 9.17) is 21.8 Å². The molecule has 0 atom stereocenters. The lowest BCUT2D eigenvalue weighted by Crippen LogP contribution is -2.33. The molecule has 6 nitrogen and oxygen atoms in total. The van der Waals surface area contributed by atoms with Gasteiger partial charge in [-0.1, -0.05) is 23.7 Å². The summed E-state index contributed by atoms with van der Waals surface area (Å²) in [4.78, 5) is 27.0. The maximum atomic E-state index is 11.9. The molecule has 0 unspecified atom stereocenters. The first-order chi connectivity index (χ1) is 11.5. The van der Waals surface area contributed by atoms with Gasteiger partial charge in [-0.2, -0.15) is 0 Å². The normalized spacial score (nSPS) is 10.7. The molecule has 1 heterocycles. The number of amides is 2. The van der Waals surface area contributed by atoms with Gasteiger partial charge in [0.2, 0.25) is 5.91 Å². The molecule has 0 aliphatic heterocycles. The summed E-state index contributed by atoms with van der Waals surface area (Å²) in [7, 11) is 0. The Labute approximate surface area is 142 Å². The van der Waals surface area contributed by atoms with Crippen molar-refractivity contribution in [1.29, 1.82) is 0 Å². The number of carbonyl (C=O) groups excluding carboxylic acids is 2. The quantitative estimate of drug-likeness (QED) is 0.742. The van der Waals surface area contributed by atoms with Crippen LogP contribution in [0.15, 0.2) is 46.9 Å². The van der Waals surface area contributed by atoms with E-state index in [9.17, 15) is 9.59 Å². The van der Waals surface area contributed by atoms with Crippen LogP contribution in [0.5, 0.6) is 0 Å². The molecule has 7 heteroatoms. The number of fused-ring (bicyclic) bond motifs is 1. The van der Waals surface area contributed by atoms with Crippen LogP contribution in [-0.2, 0) is 11.2 Å². The Morgan fingerprint density at radius 3 is 2.62 bits per heavy atom. The van der Waals surface area contributed by atoms with E-state index in [-0.39, 0.29) is 6.54 Å². The molecular formula is C17H14ClN3O3. The molecule has 2 aromatic carbocycles. The number of nitrogens with two attached hydrogens (primary N) is 1. The second-order valence-electron chi connectivity index (χ2n) is 5.24. The van der Waals surface area contributed by atoms with Crippen molar-refractivity contribution in [2.45, 2.75) is 6.42 Å². The highest BCUT2D eigenvalue weighted by molar-refractivity contribution is 6.30. The van der Waals surface area contributed by atoms with E-state index in [0.29, 0.717) is 34.0 Å². The Morgan fingerprint density at radius 2 is 1.92 bits per heavy atom. The first-order valence-corrected chi connectivity index (χ1v) is 7.59. The van der Waals surface area contributed by atoms with Gasteiger partial charge in [-0.15, -0.1) is 0 Å². The molecule has 0 aliphatic carbocycles. The molecule has 3 aromatic rings. The van der Waals surface area contributed by atoms with Gasteiger partial charge in [-0.25, -0.2) is 4.98 Å². The van der Waals surface area contributed by atoms with Crippen LogP contribution < -0.4 is 11.1 Å². The van der Waals surface area contributed by atoms with Crippen molar-refractivity contribution in [3.05, 3.63) is 64.5 Å². The lowest BCUT2D eigenvalue weighted by atomic mass is 10.1. The van der Waals surface area contributed by atoms with E-state index in [2.05, 4.69) is 10.3 Å². The summed E-state index contributed by atoms with van der Waals surface area (Å²) >= 11 is 5.87. The number of hydrogen-bond donors (Lipinski definition) is 2. The number of benzene rings is 2. The zero-order valence-electron chi connectivity index (χ0n) is 12.6. The smallest absolute Gasteiger partial charge is 0.251 e. The number of aromatic nitrogens is 1. The number of halogens is 1. The van der Waals surface area contributed by atoms with Crippen LogP contribution >= 0.6 is 11.6 Å². The maximum absolute atomic E-state index is 11.9. The van der Waals surface area contributed by atoms with Gasteiger partial charge in [0.1, 0.15) is 5.52 Å². The fourth-order valence-electron chi connectivity index (χ4n) is 2.24. The fourth-order valence-corrected chi connectivity index (χ4v) is 2.36. The van der Waals surface area contributed by atoms with E-state index >= 15 is 0 Å². The molecule has 24 heavy (non-hydrogen) atoms. The van der Waals surface area contributed by atoms with Crippen LogP contribution in [0.2, 0.25) is 5.02 Å². The number of primary amides is 1. The molecule has 0 aliphatic rings. The molecule has 3 N–H and O–H groups in total. The number of rotatable bonds is 5. The highest BCUT2D eigenvalue weighted by atomic mass is 35.5. The molecule has 122 valence electrons. The molecule has 1 aromatic heterocycles. The number of carbonyl (C=O) groups is 2. The van der Waals surface area contributed by atoms with Gasteiger partial charge in [0.05, 0.1) is 6.54 Å². The minimum absolute atomic E-state index is 0.211. The van der Waals surface area contributed by atoms with Crippen molar-refractivity contribution in [1.82, 2.24) is 10.3 Å². The summed E-state index contributed by atoms with van der Waals surface area (Å²) in [6.07, 6.45) is 0.523. The summed E-state index contributed by atoms with van der Waals surface area (Å²) in [6.45, 7) is -0.211. The molecule has 0 saturated carbocycles. The van der Waals surface area contributed by atoms with E-state index in [1.807, 2.05) is 12.1 Å². The number of nitrogens with one attached hydrogen (secondary N) is 1. The third-order valence-electron chi connectivity index (χ3n) is 3.39. The van der Waals surface area contributed by atoms with E-state index in [1.165, 1.54) is 0 Å². The van der Waals surface area contributed by atoms with E-state index in [1.54, 1.807) is 30.3 Å². The molecule has 0 spiro atoms. The first kappa shape index (κ1) is 16.0. The first-order valence-electron chi connectivity index (χ1n) is 7.21. The number of hydrogen-bond acceptors (Lipinski definition) is 4. The van der Waals surface area contributed by atoms with Crippen LogP contribution in [0.1, 0.15) is 21.8 Å². The van der Waals surface area contributed by atoms with Crippen molar-refractivity contribution in [3.8, 4) is 0 Å². The average molecular weight is 344 g/mol. The summed E-state index contributed by atoms with van der Waals surface area (Å²) in [5, 5.41) is 3.10. The highest BCUT2D eigenvalue weighted by Gasteiger charge is 2.11. The third kappa shape index (κ3) is 3.72. The Bertz CT molecular complexity index is 903. The fraction of sp³-hybridized carbons (Fsp3) is 0.118.